The van der Waals surface area contributed by atoms with E-state index in [1.807, 2.05) is 42.5 Å². The fourth-order valence-corrected chi connectivity index (χ4v) is 2.89. The maximum Gasteiger partial charge on any atom is 0.123 e. The van der Waals surface area contributed by atoms with Crippen LogP contribution in [0.5, 0.6) is 0 Å². The molecule has 1 N–H and O–H groups in total. The molecule has 0 spiro atoms. The lowest BCUT2D eigenvalue weighted by atomic mass is 10.2. The van der Waals surface area contributed by atoms with E-state index in [0.29, 0.717) is 0 Å². The highest BCUT2D eigenvalue weighted by Gasteiger charge is 2.02. The number of nitrogens with one attached hydrogen (secondary N) is 1. The lowest BCUT2D eigenvalue weighted by molar-refractivity contribution is 0.630. The first kappa shape index (κ1) is 11.2. The maximum absolute atomic E-state index is 13.1. The smallest absolute Gasteiger partial charge is 0.123 e. The molecule has 3 rings (SSSR count). The van der Waals surface area contributed by atoms with Gasteiger partial charge in [-0.1, -0.05) is 18.2 Å². The van der Waals surface area contributed by atoms with E-state index in [-0.39, 0.29) is 5.82 Å². The van der Waals surface area contributed by atoms with Gasteiger partial charge in [-0.25, -0.2) is 4.39 Å². The first-order valence-electron chi connectivity index (χ1n) is 5.78. The lowest BCUT2D eigenvalue weighted by Gasteiger charge is -2.03. The summed E-state index contributed by atoms with van der Waals surface area (Å²) < 4.78 is 14.2. The highest BCUT2D eigenvalue weighted by Crippen LogP contribution is 2.26. The van der Waals surface area contributed by atoms with E-state index in [0.717, 1.165) is 22.3 Å². The average molecular weight is 257 g/mol. The molecule has 0 bridgehead atoms. The maximum atomic E-state index is 13.1. The Morgan fingerprint density at radius 1 is 1.00 bits per heavy atom. The van der Waals surface area contributed by atoms with Crippen molar-refractivity contribution >= 4 is 27.1 Å². The third-order valence-corrected chi connectivity index (χ3v) is 3.89. The molecule has 90 valence electrons. The Bertz CT molecular complexity index is 661. The topological polar surface area (TPSA) is 12.0 Å². The summed E-state index contributed by atoms with van der Waals surface area (Å²) in [6, 6.07) is 17.0. The van der Waals surface area contributed by atoms with Gasteiger partial charge in [0.1, 0.15) is 5.82 Å². The van der Waals surface area contributed by atoms with Crippen LogP contribution in [-0.2, 0) is 6.54 Å². The van der Waals surface area contributed by atoms with E-state index in [1.54, 1.807) is 17.4 Å². The van der Waals surface area contributed by atoms with E-state index in [4.69, 9.17) is 0 Å². The largest absolute Gasteiger partial charge is 0.380 e. The zero-order valence-electron chi connectivity index (χ0n) is 9.69. The van der Waals surface area contributed by atoms with Gasteiger partial charge in [-0.05, 0) is 41.8 Å². The first-order chi connectivity index (χ1) is 8.81. The Morgan fingerprint density at radius 2 is 1.83 bits per heavy atom. The van der Waals surface area contributed by atoms with Gasteiger partial charge in [0, 0.05) is 21.8 Å². The second kappa shape index (κ2) is 4.78. The van der Waals surface area contributed by atoms with Gasteiger partial charge >= 0.3 is 0 Å². The van der Waals surface area contributed by atoms with E-state index in [1.165, 1.54) is 10.9 Å². The molecule has 1 heterocycles. The SMILES string of the molecule is Fc1ccc2sc(CNc3ccccc3)cc2c1. The zero-order valence-corrected chi connectivity index (χ0v) is 10.5. The van der Waals surface area contributed by atoms with E-state index in [9.17, 15) is 4.39 Å². The van der Waals surface area contributed by atoms with Gasteiger partial charge in [-0.2, -0.15) is 0 Å². The summed E-state index contributed by atoms with van der Waals surface area (Å²) in [7, 11) is 0. The van der Waals surface area contributed by atoms with Crippen molar-refractivity contribution in [2.24, 2.45) is 0 Å². The van der Waals surface area contributed by atoms with Crippen LogP contribution in [0.25, 0.3) is 10.1 Å². The van der Waals surface area contributed by atoms with Crippen LogP contribution in [0.4, 0.5) is 10.1 Å². The number of hydrogen-bond donors (Lipinski definition) is 1. The minimum absolute atomic E-state index is 0.178. The molecule has 18 heavy (non-hydrogen) atoms. The predicted octanol–water partition coefficient (Wildman–Crippen LogP) is 4.65. The molecule has 0 saturated heterocycles. The first-order valence-corrected chi connectivity index (χ1v) is 6.60. The molecule has 1 aromatic heterocycles. The fourth-order valence-electron chi connectivity index (χ4n) is 1.90. The quantitative estimate of drug-likeness (QED) is 0.720. The molecule has 0 amide bonds. The van der Waals surface area contributed by atoms with Crippen molar-refractivity contribution in [1.82, 2.24) is 0 Å². The van der Waals surface area contributed by atoms with Crippen LogP contribution in [-0.4, -0.2) is 0 Å². The number of anilines is 1. The number of thiophene rings is 1. The monoisotopic (exact) mass is 257 g/mol. The molecule has 0 fully saturated rings. The summed E-state index contributed by atoms with van der Waals surface area (Å²) >= 11 is 1.70. The van der Waals surface area contributed by atoms with E-state index in [2.05, 4.69) is 5.32 Å². The van der Waals surface area contributed by atoms with Crippen LogP contribution < -0.4 is 5.32 Å². The Balaban J connectivity index is 1.79. The van der Waals surface area contributed by atoms with Crippen LogP contribution in [0.2, 0.25) is 0 Å². The van der Waals surface area contributed by atoms with Crippen molar-refractivity contribution in [3.63, 3.8) is 0 Å². The van der Waals surface area contributed by atoms with Crippen LogP contribution in [0.1, 0.15) is 4.88 Å². The number of fused-ring (bicyclic) bond motifs is 1. The molecule has 0 aliphatic carbocycles. The summed E-state index contributed by atoms with van der Waals surface area (Å²) in [5, 5.41) is 4.33. The van der Waals surface area contributed by atoms with Gasteiger partial charge in [0.2, 0.25) is 0 Å². The summed E-state index contributed by atoms with van der Waals surface area (Å²) in [6.07, 6.45) is 0. The Labute approximate surface area is 109 Å². The molecule has 0 radical (unpaired) electrons. The molecule has 3 heteroatoms. The molecule has 0 aliphatic rings. The summed E-state index contributed by atoms with van der Waals surface area (Å²) in [5.41, 5.74) is 1.10. The number of para-hydroxylation sites is 1. The van der Waals surface area contributed by atoms with Crippen molar-refractivity contribution in [2.75, 3.05) is 5.32 Å². The normalized spacial score (nSPS) is 10.7. The molecule has 0 aliphatic heterocycles. The van der Waals surface area contributed by atoms with Gasteiger partial charge in [0.25, 0.3) is 0 Å². The third kappa shape index (κ3) is 2.36. The van der Waals surface area contributed by atoms with Crippen molar-refractivity contribution in [1.29, 1.82) is 0 Å². The molecule has 0 saturated carbocycles. The molecule has 1 nitrogen and oxygen atoms in total. The summed E-state index contributed by atoms with van der Waals surface area (Å²) in [4.78, 5) is 1.21. The summed E-state index contributed by atoms with van der Waals surface area (Å²) in [5.74, 6) is -0.178. The number of rotatable bonds is 3. The minimum Gasteiger partial charge on any atom is -0.380 e. The Morgan fingerprint density at radius 3 is 2.67 bits per heavy atom. The number of halogens is 1. The Hall–Kier alpha value is -1.87. The van der Waals surface area contributed by atoms with E-state index >= 15 is 0 Å². The molecule has 0 atom stereocenters. The van der Waals surface area contributed by atoms with Crippen molar-refractivity contribution < 1.29 is 4.39 Å². The minimum atomic E-state index is -0.178. The average Bonchev–Trinajstić information content (AvgIpc) is 2.79. The number of hydrogen-bond acceptors (Lipinski definition) is 2. The molecular weight excluding hydrogens is 245 g/mol. The standard InChI is InChI=1S/C15H12FNS/c16-12-6-7-15-11(8-12)9-14(18-15)10-17-13-4-2-1-3-5-13/h1-9,17H,10H2. The molecule has 0 unspecified atom stereocenters. The van der Waals surface area contributed by atoms with Gasteiger partial charge in [0.05, 0.1) is 0 Å². The van der Waals surface area contributed by atoms with Crippen molar-refractivity contribution in [2.45, 2.75) is 6.54 Å². The van der Waals surface area contributed by atoms with Crippen LogP contribution in [0.3, 0.4) is 0 Å². The Kier molecular flexibility index (Phi) is 2.99. The fraction of sp³-hybridized carbons (Fsp3) is 0.0667. The molecule has 2 aromatic carbocycles. The van der Waals surface area contributed by atoms with Crippen LogP contribution in [0, 0.1) is 5.82 Å². The second-order valence-electron chi connectivity index (χ2n) is 4.11. The van der Waals surface area contributed by atoms with Gasteiger partial charge in [0.15, 0.2) is 0 Å². The van der Waals surface area contributed by atoms with Crippen molar-refractivity contribution in [3.8, 4) is 0 Å². The van der Waals surface area contributed by atoms with Crippen LogP contribution >= 0.6 is 11.3 Å². The molecular formula is C15H12FNS. The predicted molar refractivity (Wildman–Crippen MR) is 75.6 cm³/mol. The van der Waals surface area contributed by atoms with Gasteiger partial charge in [-0.15, -0.1) is 11.3 Å². The highest BCUT2D eigenvalue weighted by molar-refractivity contribution is 7.19. The van der Waals surface area contributed by atoms with Crippen molar-refractivity contribution in [3.05, 3.63) is 65.3 Å². The highest BCUT2D eigenvalue weighted by atomic mass is 32.1. The summed E-state index contributed by atoms with van der Waals surface area (Å²) in [6.45, 7) is 0.769. The lowest BCUT2D eigenvalue weighted by Crippen LogP contribution is -1.96. The third-order valence-electron chi connectivity index (χ3n) is 2.77. The molecule has 3 aromatic rings. The van der Waals surface area contributed by atoms with E-state index < -0.39 is 0 Å². The number of benzene rings is 2. The second-order valence-corrected chi connectivity index (χ2v) is 5.28. The van der Waals surface area contributed by atoms with Crippen LogP contribution in [0.15, 0.2) is 54.6 Å². The van der Waals surface area contributed by atoms with Gasteiger partial charge < -0.3 is 5.32 Å². The zero-order chi connectivity index (χ0) is 12.4. The van der Waals surface area contributed by atoms with Gasteiger partial charge in [-0.3, -0.25) is 0 Å².